The van der Waals surface area contributed by atoms with Crippen LogP contribution >= 0.6 is 11.3 Å². The molecule has 1 heterocycles. The number of aromatic nitrogens is 1. The van der Waals surface area contributed by atoms with Crippen molar-refractivity contribution in [1.82, 2.24) is 4.98 Å². The summed E-state index contributed by atoms with van der Waals surface area (Å²) in [6.45, 7) is 1.44. The molecule has 4 aromatic rings. The molecular weight excluding hydrogens is 512 g/mol. The second-order valence-electron chi connectivity index (χ2n) is 7.95. The van der Waals surface area contributed by atoms with E-state index in [-0.39, 0.29) is 10.8 Å². The Hall–Kier alpha value is -4.22. The summed E-state index contributed by atoms with van der Waals surface area (Å²) in [6.07, 6.45) is 0. The maximum Gasteiger partial charge on any atom is 0.264 e. The molecule has 0 fully saturated rings. The zero-order valence-electron chi connectivity index (χ0n) is 20.3. The lowest BCUT2D eigenvalue weighted by molar-refractivity contribution is -0.114. The maximum absolute atomic E-state index is 13.0. The summed E-state index contributed by atoms with van der Waals surface area (Å²) in [5.74, 6) is 0.0628. The number of thiazole rings is 1. The van der Waals surface area contributed by atoms with E-state index in [1.807, 2.05) is 17.5 Å². The molecule has 0 atom stereocenters. The molecule has 0 spiro atoms. The molecule has 2 amide bonds. The number of sulfonamides is 1. The van der Waals surface area contributed by atoms with E-state index in [0.717, 1.165) is 5.56 Å². The van der Waals surface area contributed by atoms with E-state index in [2.05, 4.69) is 15.6 Å². The lowest BCUT2D eigenvalue weighted by Gasteiger charge is -2.20. The molecule has 0 aliphatic heterocycles. The summed E-state index contributed by atoms with van der Waals surface area (Å²) >= 11 is 1.27. The van der Waals surface area contributed by atoms with Crippen molar-refractivity contribution in [3.8, 4) is 17.0 Å². The number of ether oxygens (including phenoxy) is 1. The molecule has 0 saturated carbocycles. The summed E-state index contributed by atoms with van der Waals surface area (Å²) in [5.41, 5.74) is 2.97. The number of nitrogens with one attached hydrogen (secondary N) is 2. The molecular formula is C26H24N4O5S2. The number of carbonyl (C=O) groups is 2. The van der Waals surface area contributed by atoms with Crippen LogP contribution in [0.3, 0.4) is 0 Å². The van der Waals surface area contributed by atoms with Crippen molar-refractivity contribution in [2.24, 2.45) is 0 Å². The number of nitrogens with zero attached hydrogens (tertiary/aromatic N) is 2. The van der Waals surface area contributed by atoms with Gasteiger partial charge in [-0.05, 0) is 60.7 Å². The van der Waals surface area contributed by atoms with Crippen molar-refractivity contribution in [2.45, 2.75) is 11.8 Å². The third kappa shape index (κ3) is 5.96. The average molecular weight is 537 g/mol. The van der Waals surface area contributed by atoms with Crippen LogP contribution in [-0.2, 0) is 14.8 Å². The number of benzene rings is 3. The Labute approximate surface area is 218 Å². The second-order valence-corrected chi connectivity index (χ2v) is 10.8. The lowest BCUT2D eigenvalue weighted by atomic mass is 10.1. The van der Waals surface area contributed by atoms with Crippen molar-refractivity contribution in [3.63, 3.8) is 0 Å². The van der Waals surface area contributed by atoms with Gasteiger partial charge in [-0.3, -0.25) is 19.2 Å². The summed E-state index contributed by atoms with van der Waals surface area (Å²) in [4.78, 5) is 28.4. The standard InChI is InChI=1S/C26H24N4O5S2/c1-17(31)27-20-8-4-18(5-9-20)24-16-36-26(28-24)29-25(32)19-6-14-23(15-7-19)37(33,34)30(2)21-10-12-22(35-3)13-11-21/h4-16H,1-3H3,(H,27,31)(H,28,29,32). The Morgan fingerprint density at radius 2 is 1.57 bits per heavy atom. The van der Waals surface area contributed by atoms with Crippen molar-refractivity contribution >= 4 is 49.7 Å². The van der Waals surface area contributed by atoms with Crippen molar-refractivity contribution in [3.05, 3.63) is 83.7 Å². The van der Waals surface area contributed by atoms with Gasteiger partial charge in [0.25, 0.3) is 15.9 Å². The predicted molar refractivity (Wildman–Crippen MR) is 145 cm³/mol. The molecule has 1 aromatic heterocycles. The zero-order chi connectivity index (χ0) is 26.6. The molecule has 11 heteroatoms. The fourth-order valence-corrected chi connectivity index (χ4v) is 5.34. The quantitative estimate of drug-likeness (QED) is 0.332. The first-order chi connectivity index (χ1) is 17.7. The van der Waals surface area contributed by atoms with E-state index >= 15 is 0 Å². The Morgan fingerprint density at radius 3 is 2.16 bits per heavy atom. The molecule has 0 saturated heterocycles. The summed E-state index contributed by atoms with van der Waals surface area (Å²) in [5, 5.41) is 7.67. The van der Waals surface area contributed by atoms with Crippen molar-refractivity contribution in [1.29, 1.82) is 0 Å². The number of carbonyl (C=O) groups excluding carboxylic acids is 2. The third-order valence-electron chi connectivity index (χ3n) is 5.44. The number of hydrogen-bond donors (Lipinski definition) is 2. The van der Waals surface area contributed by atoms with Crippen LogP contribution in [0.4, 0.5) is 16.5 Å². The molecule has 0 unspecified atom stereocenters. The van der Waals surface area contributed by atoms with Gasteiger partial charge in [-0.25, -0.2) is 13.4 Å². The normalized spacial score (nSPS) is 11.0. The Morgan fingerprint density at radius 1 is 0.919 bits per heavy atom. The summed E-state index contributed by atoms with van der Waals surface area (Å²) in [7, 11) is -0.822. The van der Waals surface area contributed by atoms with Crippen LogP contribution in [0.15, 0.2) is 83.1 Å². The van der Waals surface area contributed by atoms with Crippen LogP contribution in [0.25, 0.3) is 11.3 Å². The first-order valence-electron chi connectivity index (χ1n) is 11.1. The zero-order valence-corrected chi connectivity index (χ0v) is 21.9. The number of rotatable bonds is 8. The predicted octanol–water partition coefficient (Wildman–Crippen LogP) is 4.85. The fraction of sp³-hybridized carbons (Fsp3) is 0.115. The van der Waals surface area contributed by atoms with Crippen LogP contribution in [0.2, 0.25) is 0 Å². The fourth-order valence-electron chi connectivity index (χ4n) is 3.43. The number of anilines is 3. The van der Waals surface area contributed by atoms with E-state index < -0.39 is 15.9 Å². The molecule has 0 aliphatic carbocycles. The molecule has 190 valence electrons. The van der Waals surface area contributed by atoms with Gasteiger partial charge in [0.05, 0.1) is 23.4 Å². The number of hydrogen-bond acceptors (Lipinski definition) is 7. The third-order valence-corrected chi connectivity index (χ3v) is 7.99. The molecule has 0 aliphatic rings. The first kappa shape index (κ1) is 25.9. The smallest absolute Gasteiger partial charge is 0.264 e. The Balaban J connectivity index is 1.43. The van der Waals surface area contributed by atoms with Crippen molar-refractivity contribution in [2.75, 3.05) is 29.1 Å². The molecule has 4 rings (SSSR count). The van der Waals surface area contributed by atoms with Gasteiger partial charge in [0.2, 0.25) is 5.91 Å². The first-order valence-corrected chi connectivity index (χ1v) is 13.4. The minimum Gasteiger partial charge on any atom is -0.497 e. The minimum absolute atomic E-state index is 0.0570. The lowest BCUT2D eigenvalue weighted by Crippen LogP contribution is -2.26. The van der Waals surface area contributed by atoms with Gasteiger partial charge in [-0.2, -0.15) is 0 Å². The summed E-state index contributed by atoms with van der Waals surface area (Å²) < 4.78 is 32.4. The van der Waals surface area contributed by atoms with E-state index in [1.165, 1.54) is 61.0 Å². The van der Waals surface area contributed by atoms with E-state index in [0.29, 0.717) is 33.5 Å². The molecule has 2 N–H and O–H groups in total. The highest BCUT2D eigenvalue weighted by Crippen LogP contribution is 2.27. The van der Waals surface area contributed by atoms with Gasteiger partial charge >= 0.3 is 0 Å². The van der Waals surface area contributed by atoms with E-state index in [9.17, 15) is 18.0 Å². The molecule has 0 radical (unpaired) electrons. The van der Waals surface area contributed by atoms with Crippen LogP contribution < -0.4 is 19.7 Å². The molecule has 9 nitrogen and oxygen atoms in total. The average Bonchev–Trinajstić information content (AvgIpc) is 3.36. The SMILES string of the molecule is COc1ccc(N(C)S(=O)(=O)c2ccc(C(=O)Nc3nc(-c4ccc(NC(C)=O)cc4)cs3)cc2)cc1. The largest absolute Gasteiger partial charge is 0.497 e. The monoisotopic (exact) mass is 536 g/mol. The molecule has 37 heavy (non-hydrogen) atoms. The highest BCUT2D eigenvalue weighted by atomic mass is 32.2. The van der Waals surface area contributed by atoms with Gasteiger partial charge in [0.1, 0.15) is 5.75 Å². The molecule has 0 bridgehead atoms. The van der Waals surface area contributed by atoms with Crippen molar-refractivity contribution < 1.29 is 22.7 Å². The van der Waals surface area contributed by atoms with Gasteiger partial charge in [-0.1, -0.05) is 12.1 Å². The van der Waals surface area contributed by atoms with Gasteiger partial charge < -0.3 is 10.1 Å². The second kappa shape index (κ2) is 10.8. The van der Waals surface area contributed by atoms with Gasteiger partial charge in [-0.15, -0.1) is 11.3 Å². The Kier molecular flexibility index (Phi) is 7.55. The maximum atomic E-state index is 13.0. The van der Waals surface area contributed by atoms with Crippen LogP contribution in [0.5, 0.6) is 5.75 Å². The minimum atomic E-state index is -3.82. The van der Waals surface area contributed by atoms with Crippen LogP contribution in [0.1, 0.15) is 17.3 Å². The highest BCUT2D eigenvalue weighted by Gasteiger charge is 2.22. The Bertz CT molecular complexity index is 1510. The van der Waals surface area contributed by atoms with Gasteiger partial charge in [0.15, 0.2) is 5.13 Å². The number of methoxy groups -OCH3 is 1. The molecule has 3 aromatic carbocycles. The highest BCUT2D eigenvalue weighted by molar-refractivity contribution is 7.92. The van der Waals surface area contributed by atoms with E-state index in [4.69, 9.17) is 4.74 Å². The number of amides is 2. The topological polar surface area (TPSA) is 118 Å². The van der Waals surface area contributed by atoms with Crippen LogP contribution in [-0.4, -0.2) is 39.4 Å². The van der Waals surface area contributed by atoms with E-state index in [1.54, 1.807) is 36.4 Å². The van der Waals surface area contributed by atoms with Crippen LogP contribution in [0, 0.1) is 0 Å². The van der Waals surface area contributed by atoms with Gasteiger partial charge in [0, 0.05) is 36.2 Å². The summed E-state index contributed by atoms with van der Waals surface area (Å²) in [6, 6.07) is 19.6.